The molecule has 0 amide bonds. The third-order valence-corrected chi connectivity index (χ3v) is 3.19. The monoisotopic (exact) mass is 247 g/mol. The summed E-state index contributed by atoms with van der Waals surface area (Å²) in [5.74, 6) is 0.0179. The van der Waals surface area contributed by atoms with E-state index in [1.165, 1.54) is 0 Å². The summed E-state index contributed by atoms with van der Waals surface area (Å²) < 4.78 is 0. The van der Waals surface area contributed by atoms with E-state index < -0.39 is 0 Å². The number of hydrogen-bond donors (Lipinski definition) is 0. The third-order valence-electron chi connectivity index (χ3n) is 3.19. The van der Waals surface area contributed by atoms with Crippen LogP contribution in [0.4, 0.5) is 0 Å². The van der Waals surface area contributed by atoms with E-state index in [0.29, 0.717) is 11.1 Å². The van der Waals surface area contributed by atoms with Gasteiger partial charge in [0.2, 0.25) is 0 Å². The van der Waals surface area contributed by atoms with Crippen LogP contribution in [0.1, 0.15) is 21.5 Å². The number of aryl methyl sites for hydroxylation is 1. The molecule has 0 aliphatic heterocycles. The second-order valence-corrected chi connectivity index (χ2v) is 4.58. The van der Waals surface area contributed by atoms with Gasteiger partial charge in [-0.3, -0.25) is 9.78 Å². The highest BCUT2D eigenvalue weighted by atomic mass is 16.1. The van der Waals surface area contributed by atoms with Crippen molar-refractivity contribution in [3.63, 3.8) is 0 Å². The molecule has 0 aliphatic rings. The fraction of sp³-hybridized carbons (Fsp3) is 0.0588. The van der Waals surface area contributed by atoms with Crippen molar-refractivity contribution < 1.29 is 4.79 Å². The molecule has 0 N–H and O–H groups in total. The van der Waals surface area contributed by atoms with Crippen molar-refractivity contribution >= 4 is 16.7 Å². The van der Waals surface area contributed by atoms with Crippen LogP contribution in [-0.2, 0) is 0 Å². The molecule has 0 fully saturated rings. The number of para-hydroxylation sites is 1. The molecule has 0 atom stereocenters. The molecule has 1 aromatic heterocycles. The topological polar surface area (TPSA) is 30.0 Å². The molecule has 3 aromatic rings. The van der Waals surface area contributed by atoms with Crippen LogP contribution in [0.5, 0.6) is 0 Å². The normalized spacial score (nSPS) is 10.6. The molecule has 0 aliphatic carbocycles. The first-order valence-corrected chi connectivity index (χ1v) is 6.21. The van der Waals surface area contributed by atoms with Gasteiger partial charge in [0.25, 0.3) is 0 Å². The highest BCUT2D eigenvalue weighted by Gasteiger charge is 2.12. The Labute approximate surface area is 111 Å². The fourth-order valence-electron chi connectivity index (χ4n) is 2.15. The van der Waals surface area contributed by atoms with E-state index in [1.54, 1.807) is 6.20 Å². The Bertz CT molecular complexity index is 739. The molecule has 0 unspecified atom stereocenters. The zero-order chi connectivity index (χ0) is 13.2. The number of rotatable bonds is 2. The van der Waals surface area contributed by atoms with Crippen LogP contribution in [-0.4, -0.2) is 10.8 Å². The van der Waals surface area contributed by atoms with Crippen LogP contribution in [0.2, 0.25) is 0 Å². The molecule has 0 bridgehead atoms. The lowest BCUT2D eigenvalue weighted by Crippen LogP contribution is -2.02. The fourth-order valence-corrected chi connectivity index (χ4v) is 2.15. The maximum Gasteiger partial charge on any atom is 0.195 e. The number of fused-ring (bicyclic) bond motifs is 1. The molecule has 92 valence electrons. The zero-order valence-corrected chi connectivity index (χ0v) is 10.6. The molecule has 0 saturated carbocycles. The van der Waals surface area contributed by atoms with Crippen LogP contribution in [0.15, 0.2) is 60.8 Å². The summed E-state index contributed by atoms with van der Waals surface area (Å²) in [6.45, 7) is 2.01. The first-order valence-electron chi connectivity index (χ1n) is 6.21. The van der Waals surface area contributed by atoms with Gasteiger partial charge in [0.15, 0.2) is 5.78 Å². The van der Waals surface area contributed by atoms with E-state index in [0.717, 1.165) is 16.5 Å². The van der Waals surface area contributed by atoms with Gasteiger partial charge in [-0.1, -0.05) is 48.0 Å². The SMILES string of the molecule is Cc1ccc(C(=O)c2cccc3cccnc23)cc1. The van der Waals surface area contributed by atoms with Gasteiger partial charge < -0.3 is 0 Å². The molecule has 0 radical (unpaired) electrons. The largest absolute Gasteiger partial charge is 0.289 e. The second kappa shape index (κ2) is 4.65. The number of carbonyl (C=O) groups is 1. The van der Waals surface area contributed by atoms with Crippen LogP contribution < -0.4 is 0 Å². The lowest BCUT2D eigenvalue weighted by Gasteiger charge is -2.05. The number of pyridine rings is 1. The minimum absolute atomic E-state index is 0.0179. The van der Waals surface area contributed by atoms with Crippen LogP contribution in [0.25, 0.3) is 10.9 Å². The highest BCUT2D eigenvalue weighted by Crippen LogP contribution is 2.19. The van der Waals surface area contributed by atoms with Gasteiger partial charge >= 0.3 is 0 Å². The highest BCUT2D eigenvalue weighted by molar-refractivity contribution is 6.15. The summed E-state index contributed by atoms with van der Waals surface area (Å²) in [7, 11) is 0. The van der Waals surface area contributed by atoms with Gasteiger partial charge in [0.1, 0.15) is 0 Å². The van der Waals surface area contributed by atoms with E-state index in [9.17, 15) is 4.79 Å². The molecule has 2 heteroatoms. The second-order valence-electron chi connectivity index (χ2n) is 4.58. The van der Waals surface area contributed by atoms with E-state index >= 15 is 0 Å². The summed E-state index contributed by atoms with van der Waals surface area (Å²) in [4.78, 5) is 16.9. The van der Waals surface area contributed by atoms with Gasteiger partial charge in [-0.05, 0) is 19.1 Å². The van der Waals surface area contributed by atoms with E-state index in [2.05, 4.69) is 4.98 Å². The van der Waals surface area contributed by atoms with Crippen molar-refractivity contribution in [2.24, 2.45) is 0 Å². The van der Waals surface area contributed by atoms with E-state index in [1.807, 2.05) is 61.5 Å². The summed E-state index contributed by atoms with van der Waals surface area (Å²) in [6.07, 6.45) is 1.72. The van der Waals surface area contributed by atoms with Crippen LogP contribution >= 0.6 is 0 Å². The molecular formula is C17H13NO. The maximum atomic E-state index is 12.5. The van der Waals surface area contributed by atoms with Crippen LogP contribution in [0, 0.1) is 6.92 Å². The maximum absolute atomic E-state index is 12.5. The predicted octanol–water partition coefficient (Wildman–Crippen LogP) is 3.77. The first kappa shape index (κ1) is 11.6. The van der Waals surface area contributed by atoms with Gasteiger partial charge in [-0.25, -0.2) is 0 Å². The Balaban J connectivity index is 2.14. The minimum Gasteiger partial charge on any atom is -0.289 e. The van der Waals surface area contributed by atoms with Gasteiger partial charge in [-0.15, -0.1) is 0 Å². The van der Waals surface area contributed by atoms with Gasteiger partial charge in [-0.2, -0.15) is 0 Å². The number of hydrogen-bond acceptors (Lipinski definition) is 2. The summed E-state index contributed by atoms with van der Waals surface area (Å²) in [6, 6.07) is 17.2. The molecule has 0 saturated heterocycles. The minimum atomic E-state index is 0.0179. The van der Waals surface area contributed by atoms with Gasteiger partial charge in [0, 0.05) is 22.7 Å². The average molecular weight is 247 g/mol. The Morgan fingerprint density at radius 2 is 1.68 bits per heavy atom. The molecule has 3 rings (SSSR count). The number of aromatic nitrogens is 1. The molecule has 2 aromatic carbocycles. The van der Waals surface area contributed by atoms with E-state index in [-0.39, 0.29) is 5.78 Å². The summed E-state index contributed by atoms with van der Waals surface area (Å²) in [5.41, 5.74) is 3.26. The van der Waals surface area contributed by atoms with Crippen molar-refractivity contribution in [1.82, 2.24) is 4.98 Å². The Hall–Kier alpha value is -2.48. The van der Waals surface area contributed by atoms with E-state index in [4.69, 9.17) is 0 Å². The Morgan fingerprint density at radius 3 is 2.47 bits per heavy atom. The predicted molar refractivity (Wildman–Crippen MR) is 76.4 cm³/mol. The molecule has 0 spiro atoms. The van der Waals surface area contributed by atoms with Crippen LogP contribution in [0.3, 0.4) is 0 Å². The number of carbonyl (C=O) groups excluding carboxylic acids is 1. The zero-order valence-electron chi connectivity index (χ0n) is 10.6. The molecular weight excluding hydrogens is 234 g/mol. The smallest absolute Gasteiger partial charge is 0.195 e. The third kappa shape index (κ3) is 2.13. The summed E-state index contributed by atoms with van der Waals surface area (Å²) >= 11 is 0. The number of benzene rings is 2. The Kier molecular flexibility index (Phi) is 2.84. The number of ketones is 1. The molecule has 2 nitrogen and oxygen atoms in total. The average Bonchev–Trinajstić information content (AvgIpc) is 2.47. The van der Waals surface area contributed by atoms with Crippen molar-refractivity contribution in [2.45, 2.75) is 6.92 Å². The van der Waals surface area contributed by atoms with Gasteiger partial charge in [0.05, 0.1) is 5.52 Å². The Morgan fingerprint density at radius 1 is 0.947 bits per heavy atom. The molecule has 1 heterocycles. The van der Waals surface area contributed by atoms with Crippen molar-refractivity contribution in [1.29, 1.82) is 0 Å². The quantitative estimate of drug-likeness (QED) is 0.645. The van der Waals surface area contributed by atoms with Crippen molar-refractivity contribution in [3.8, 4) is 0 Å². The number of nitrogens with zero attached hydrogens (tertiary/aromatic N) is 1. The summed E-state index contributed by atoms with van der Waals surface area (Å²) in [5, 5.41) is 0.987. The lowest BCUT2D eigenvalue weighted by molar-refractivity contribution is 0.104. The lowest BCUT2D eigenvalue weighted by atomic mass is 10.00. The first-order chi connectivity index (χ1) is 9.25. The standard InChI is InChI=1S/C17H13NO/c1-12-7-9-14(10-8-12)17(19)15-6-2-4-13-5-3-11-18-16(13)15/h2-11H,1H3. The van der Waals surface area contributed by atoms with Crippen molar-refractivity contribution in [2.75, 3.05) is 0 Å². The molecule has 19 heavy (non-hydrogen) atoms. The van der Waals surface area contributed by atoms with Crippen molar-refractivity contribution in [3.05, 3.63) is 77.5 Å².